The normalized spacial score (nSPS) is 12.4. The van der Waals surface area contributed by atoms with Gasteiger partial charge in [0.1, 0.15) is 5.82 Å². The van der Waals surface area contributed by atoms with Gasteiger partial charge in [0.15, 0.2) is 0 Å². The molecule has 2 aromatic carbocycles. The van der Waals surface area contributed by atoms with E-state index in [-0.39, 0.29) is 5.82 Å². The number of hydrogen-bond acceptors (Lipinski definition) is 2. The minimum absolute atomic E-state index is 0.302. The van der Waals surface area contributed by atoms with Crippen LogP contribution in [-0.2, 0) is 11.2 Å². The summed E-state index contributed by atoms with van der Waals surface area (Å²) in [4.78, 5) is 0. The molecule has 0 heterocycles. The summed E-state index contributed by atoms with van der Waals surface area (Å²) < 4.78 is 19.5. The van der Waals surface area contributed by atoms with Crippen molar-refractivity contribution in [1.29, 1.82) is 0 Å². The van der Waals surface area contributed by atoms with Crippen molar-refractivity contribution in [1.82, 2.24) is 0 Å². The summed E-state index contributed by atoms with van der Waals surface area (Å²) >= 11 is 3.18. The molecule has 0 radical (unpaired) electrons. The van der Waals surface area contributed by atoms with Gasteiger partial charge in [-0.15, -0.1) is 0 Å². The summed E-state index contributed by atoms with van der Waals surface area (Å²) in [6, 6.07) is 12.6. The zero-order chi connectivity index (χ0) is 14.5. The molecule has 2 nitrogen and oxygen atoms in total. The molecule has 0 aliphatic carbocycles. The summed E-state index contributed by atoms with van der Waals surface area (Å²) in [5.41, 5.74) is 8.71. The zero-order valence-corrected chi connectivity index (χ0v) is 12.9. The largest absolute Gasteiger partial charge is 0.384 e. The number of ether oxygens (including phenoxy) is 1. The maximum atomic E-state index is 14.0. The maximum absolute atomic E-state index is 14.0. The average molecular weight is 338 g/mol. The lowest BCUT2D eigenvalue weighted by atomic mass is 9.98. The minimum atomic E-state index is -0.469. The van der Waals surface area contributed by atoms with Crippen molar-refractivity contribution in [3.63, 3.8) is 0 Å². The molecule has 4 heteroatoms. The summed E-state index contributed by atoms with van der Waals surface area (Å²) in [5, 5.41) is 0. The molecule has 0 aliphatic rings. The molecular weight excluding hydrogens is 321 g/mol. The number of halogens is 2. The third-order valence-electron chi connectivity index (χ3n) is 3.25. The third kappa shape index (κ3) is 3.45. The summed E-state index contributed by atoms with van der Waals surface area (Å²) in [6.45, 7) is 0.686. The van der Waals surface area contributed by atoms with Gasteiger partial charge in [0, 0.05) is 12.7 Å². The topological polar surface area (TPSA) is 35.2 Å². The van der Waals surface area contributed by atoms with E-state index in [0.717, 1.165) is 12.0 Å². The molecule has 0 amide bonds. The Labute approximate surface area is 126 Å². The van der Waals surface area contributed by atoms with Crippen LogP contribution in [-0.4, -0.2) is 13.7 Å². The molecule has 1 unspecified atom stereocenters. The Morgan fingerprint density at radius 3 is 2.55 bits per heavy atom. The Kier molecular flexibility index (Phi) is 5.29. The maximum Gasteiger partial charge on any atom is 0.142 e. The predicted molar refractivity (Wildman–Crippen MR) is 82.2 cm³/mol. The second-order valence-electron chi connectivity index (χ2n) is 4.61. The molecule has 0 aliphatic heterocycles. The lowest BCUT2D eigenvalue weighted by Crippen LogP contribution is -2.14. The van der Waals surface area contributed by atoms with Crippen molar-refractivity contribution in [2.24, 2.45) is 5.73 Å². The van der Waals surface area contributed by atoms with E-state index >= 15 is 0 Å². The van der Waals surface area contributed by atoms with Crippen molar-refractivity contribution in [2.75, 3.05) is 13.7 Å². The Bertz CT molecular complexity index is 571. The van der Waals surface area contributed by atoms with Crippen molar-refractivity contribution < 1.29 is 9.13 Å². The number of methoxy groups -OCH3 is 1. The highest BCUT2D eigenvalue weighted by molar-refractivity contribution is 9.10. The van der Waals surface area contributed by atoms with Gasteiger partial charge in [0.05, 0.1) is 17.1 Å². The van der Waals surface area contributed by atoms with Crippen LogP contribution in [0, 0.1) is 5.82 Å². The van der Waals surface area contributed by atoms with Crippen LogP contribution in [0.5, 0.6) is 0 Å². The fourth-order valence-corrected chi connectivity index (χ4v) is 2.43. The molecule has 2 rings (SSSR count). The molecule has 20 heavy (non-hydrogen) atoms. The molecule has 0 saturated carbocycles. The second kappa shape index (κ2) is 6.97. The Morgan fingerprint density at radius 1 is 1.20 bits per heavy atom. The van der Waals surface area contributed by atoms with Gasteiger partial charge in [0.2, 0.25) is 0 Å². The summed E-state index contributed by atoms with van der Waals surface area (Å²) in [5.74, 6) is -0.302. The van der Waals surface area contributed by atoms with Crippen molar-refractivity contribution >= 4 is 15.9 Å². The Hall–Kier alpha value is -1.23. The van der Waals surface area contributed by atoms with E-state index < -0.39 is 6.04 Å². The van der Waals surface area contributed by atoms with E-state index in [0.29, 0.717) is 16.6 Å². The lowest BCUT2D eigenvalue weighted by Gasteiger charge is -2.14. The van der Waals surface area contributed by atoms with Crippen LogP contribution in [0.3, 0.4) is 0 Å². The monoisotopic (exact) mass is 337 g/mol. The fraction of sp³-hybridized carbons (Fsp3) is 0.250. The van der Waals surface area contributed by atoms with E-state index in [1.54, 1.807) is 25.3 Å². The van der Waals surface area contributed by atoms with Gasteiger partial charge in [-0.25, -0.2) is 4.39 Å². The highest BCUT2D eigenvalue weighted by Crippen LogP contribution is 2.26. The standard InChI is InChI=1S/C16H17BrFNO/c1-20-10-9-11-5-7-12(8-6-11)16(19)13-3-2-4-14(17)15(13)18/h2-8,16H,9-10,19H2,1H3. The molecule has 2 aromatic rings. The first-order chi connectivity index (χ1) is 9.63. The first kappa shape index (κ1) is 15.2. The van der Waals surface area contributed by atoms with Crippen LogP contribution in [0.2, 0.25) is 0 Å². The number of benzene rings is 2. The summed E-state index contributed by atoms with van der Waals surface area (Å²) in [6.07, 6.45) is 0.858. The Morgan fingerprint density at radius 2 is 1.90 bits per heavy atom. The van der Waals surface area contributed by atoms with Gasteiger partial charge < -0.3 is 10.5 Å². The fourth-order valence-electron chi connectivity index (χ4n) is 2.05. The van der Waals surface area contributed by atoms with E-state index in [1.807, 2.05) is 24.3 Å². The SMILES string of the molecule is COCCc1ccc(C(N)c2cccc(Br)c2F)cc1. The highest BCUT2D eigenvalue weighted by Gasteiger charge is 2.15. The molecule has 0 fully saturated rings. The van der Waals surface area contributed by atoms with Gasteiger partial charge in [-0.2, -0.15) is 0 Å². The van der Waals surface area contributed by atoms with Gasteiger partial charge >= 0.3 is 0 Å². The van der Waals surface area contributed by atoms with E-state index in [4.69, 9.17) is 10.5 Å². The first-order valence-corrected chi connectivity index (χ1v) is 7.20. The number of rotatable bonds is 5. The van der Waals surface area contributed by atoms with Gasteiger partial charge in [-0.05, 0) is 39.5 Å². The first-order valence-electron chi connectivity index (χ1n) is 6.40. The van der Waals surface area contributed by atoms with Gasteiger partial charge in [-0.3, -0.25) is 0 Å². The van der Waals surface area contributed by atoms with Crippen molar-refractivity contribution in [3.05, 3.63) is 69.4 Å². The van der Waals surface area contributed by atoms with Crippen LogP contribution in [0.25, 0.3) is 0 Å². The molecule has 0 aromatic heterocycles. The van der Waals surface area contributed by atoms with Gasteiger partial charge in [-0.1, -0.05) is 36.4 Å². The van der Waals surface area contributed by atoms with Crippen LogP contribution >= 0.6 is 15.9 Å². The zero-order valence-electron chi connectivity index (χ0n) is 11.3. The van der Waals surface area contributed by atoms with E-state index in [1.165, 1.54) is 5.56 Å². The van der Waals surface area contributed by atoms with Crippen molar-refractivity contribution in [3.8, 4) is 0 Å². The van der Waals surface area contributed by atoms with Crippen LogP contribution in [0.1, 0.15) is 22.7 Å². The quantitative estimate of drug-likeness (QED) is 0.899. The van der Waals surface area contributed by atoms with E-state index in [2.05, 4.69) is 15.9 Å². The van der Waals surface area contributed by atoms with Crippen molar-refractivity contribution in [2.45, 2.75) is 12.5 Å². The van der Waals surface area contributed by atoms with Gasteiger partial charge in [0.25, 0.3) is 0 Å². The molecule has 2 N–H and O–H groups in total. The highest BCUT2D eigenvalue weighted by atomic mass is 79.9. The number of hydrogen-bond donors (Lipinski definition) is 1. The third-order valence-corrected chi connectivity index (χ3v) is 3.86. The average Bonchev–Trinajstić information content (AvgIpc) is 2.48. The predicted octanol–water partition coefficient (Wildman–Crippen LogP) is 3.83. The molecule has 0 bridgehead atoms. The molecule has 106 valence electrons. The molecule has 0 saturated heterocycles. The Balaban J connectivity index is 2.20. The van der Waals surface area contributed by atoms with Crippen LogP contribution < -0.4 is 5.73 Å². The second-order valence-corrected chi connectivity index (χ2v) is 5.46. The minimum Gasteiger partial charge on any atom is -0.384 e. The van der Waals surface area contributed by atoms with Crippen LogP contribution in [0.4, 0.5) is 4.39 Å². The van der Waals surface area contributed by atoms with E-state index in [9.17, 15) is 4.39 Å². The summed E-state index contributed by atoms with van der Waals surface area (Å²) in [7, 11) is 1.68. The lowest BCUT2D eigenvalue weighted by molar-refractivity contribution is 0.202. The van der Waals surface area contributed by atoms with Crippen LogP contribution in [0.15, 0.2) is 46.9 Å². The molecule has 1 atom stereocenters. The molecular formula is C16H17BrFNO. The smallest absolute Gasteiger partial charge is 0.142 e. The molecule has 0 spiro atoms. The number of nitrogens with two attached hydrogens (primary N) is 1.